The van der Waals surface area contributed by atoms with Crippen LogP contribution in [-0.4, -0.2) is 31.6 Å². The van der Waals surface area contributed by atoms with Crippen molar-refractivity contribution in [1.82, 2.24) is 0 Å². The summed E-state index contributed by atoms with van der Waals surface area (Å²) in [6.45, 7) is 1.38. The van der Waals surface area contributed by atoms with Gasteiger partial charge in [-0.1, -0.05) is 12.8 Å². The lowest BCUT2D eigenvalue weighted by Crippen LogP contribution is -2.30. The van der Waals surface area contributed by atoms with Crippen LogP contribution in [0.15, 0.2) is 0 Å². The number of ether oxygens (including phenoxy) is 2. The molecule has 0 aromatic rings. The lowest BCUT2D eigenvalue weighted by molar-refractivity contribution is -0.0294. The van der Waals surface area contributed by atoms with Gasteiger partial charge in [0.25, 0.3) is 0 Å². The van der Waals surface area contributed by atoms with Crippen LogP contribution in [0.25, 0.3) is 0 Å². The molecule has 0 aromatic heterocycles. The van der Waals surface area contributed by atoms with Crippen LogP contribution < -0.4 is 0 Å². The molecule has 3 atom stereocenters. The molecule has 0 bridgehead atoms. The summed E-state index contributed by atoms with van der Waals surface area (Å²) in [5, 5.41) is 0. The second-order valence-electron chi connectivity index (χ2n) is 3.63. The number of rotatable bonds is 3. The number of epoxide rings is 1. The Labute approximate surface area is 72.0 Å². The van der Waals surface area contributed by atoms with Crippen molar-refractivity contribution in [3.8, 4) is 0 Å². The maximum atomic E-state index is 13.2. The first-order chi connectivity index (χ1) is 5.86. The van der Waals surface area contributed by atoms with E-state index >= 15 is 0 Å². The summed E-state index contributed by atoms with van der Waals surface area (Å²) >= 11 is 0. The van der Waals surface area contributed by atoms with Gasteiger partial charge in [0.15, 0.2) is 0 Å². The van der Waals surface area contributed by atoms with Crippen molar-refractivity contribution in [1.29, 1.82) is 0 Å². The van der Waals surface area contributed by atoms with Gasteiger partial charge in [-0.05, 0) is 12.8 Å². The maximum Gasteiger partial charge on any atom is 0.126 e. The standard InChI is InChI=1S/C9H15FO2/c10-8-3-1-2-4-9(8)12-6-7-5-11-7/h7-9H,1-6H2/t7?,8-,9+/m0/s1. The van der Waals surface area contributed by atoms with Crippen molar-refractivity contribution < 1.29 is 13.9 Å². The average molecular weight is 174 g/mol. The monoisotopic (exact) mass is 174 g/mol. The Hall–Kier alpha value is -0.150. The van der Waals surface area contributed by atoms with E-state index in [9.17, 15) is 4.39 Å². The van der Waals surface area contributed by atoms with Crippen LogP contribution in [0.4, 0.5) is 4.39 Å². The van der Waals surface area contributed by atoms with E-state index < -0.39 is 6.17 Å². The smallest absolute Gasteiger partial charge is 0.126 e. The van der Waals surface area contributed by atoms with Gasteiger partial charge >= 0.3 is 0 Å². The zero-order valence-corrected chi connectivity index (χ0v) is 7.17. The van der Waals surface area contributed by atoms with E-state index in [1.165, 1.54) is 0 Å². The Morgan fingerprint density at radius 1 is 1.33 bits per heavy atom. The Morgan fingerprint density at radius 3 is 2.75 bits per heavy atom. The molecule has 1 unspecified atom stereocenters. The zero-order valence-electron chi connectivity index (χ0n) is 7.17. The van der Waals surface area contributed by atoms with Gasteiger partial charge in [-0.25, -0.2) is 4.39 Å². The molecule has 0 N–H and O–H groups in total. The Bertz CT molecular complexity index is 147. The predicted octanol–water partition coefficient (Wildman–Crippen LogP) is 1.68. The summed E-state index contributed by atoms with van der Waals surface area (Å²) in [6.07, 6.45) is 3.06. The molecule has 1 saturated carbocycles. The van der Waals surface area contributed by atoms with Gasteiger partial charge in [0, 0.05) is 0 Å². The van der Waals surface area contributed by atoms with Crippen LogP contribution >= 0.6 is 0 Å². The van der Waals surface area contributed by atoms with E-state index in [0.717, 1.165) is 25.9 Å². The zero-order chi connectivity index (χ0) is 8.39. The van der Waals surface area contributed by atoms with Gasteiger partial charge in [-0.2, -0.15) is 0 Å². The van der Waals surface area contributed by atoms with Crippen molar-refractivity contribution in [2.24, 2.45) is 0 Å². The van der Waals surface area contributed by atoms with Crippen LogP contribution in [0, 0.1) is 0 Å². The highest BCUT2D eigenvalue weighted by Gasteiger charge is 2.29. The molecule has 1 heterocycles. The van der Waals surface area contributed by atoms with Crippen molar-refractivity contribution in [2.45, 2.75) is 44.1 Å². The highest BCUT2D eigenvalue weighted by atomic mass is 19.1. The minimum Gasteiger partial charge on any atom is -0.372 e. The Kier molecular flexibility index (Phi) is 2.61. The fourth-order valence-corrected chi connectivity index (χ4v) is 1.63. The largest absolute Gasteiger partial charge is 0.372 e. The molecule has 2 nitrogen and oxygen atoms in total. The van der Waals surface area contributed by atoms with E-state index in [1.54, 1.807) is 0 Å². The second-order valence-corrected chi connectivity index (χ2v) is 3.63. The highest BCUT2D eigenvalue weighted by molar-refractivity contribution is 4.77. The average Bonchev–Trinajstić information content (AvgIpc) is 2.86. The summed E-state index contributed by atoms with van der Waals surface area (Å²) in [5.74, 6) is 0. The molecule has 70 valence electrons. The Balaban J connectivity index is 1.68. The molecule has 3 heteroatoms. The molecule has 0 spiro atoms. The van der Waals surface area contributed by atoms with E-state index in [1.807, 2.05) is 0 Å². The van der Waals surface area contributed by atoms with E-state index in [4.69, 9.17) is 9.47 Å². The third kappa shape index (κ3) is 2.17. The number of hydrogen-bond donors (Lipinski definition) is 0. The minimum atomic E-state index is -0.738. The summed E-state index contributed by atoms with van der Waals surface area (Å²) in [7, 11) is 0. The third-order valence-electron chi connectivity index (χ3n) is 2.52. The van der Waals surface area contributed by atoms with E-state index in [-0.39, 0.29) is 12.2 Å². The molecule has 1 aliphatic carbocycles. The first-order valence-electron chi connectivity index (χ1n) is 4.73. The summed E-state index contributed by atoms with van der Waals surface area (Å²) in [6, 6.07) is 0. The molecule has 2 fully saturated rings. The molecule has 2 aliphatic rings. The van der Waals surface area contributed by atoms with E-state index in [2.05, 4.69) is 0 Å². The van der Waals surface area contributed by atoms with Crippen LogP contribution in [0.5, 0.6) is 0 Å². The first kappa shape index (κ1) is 8.45. The number of hydrogen-bond acceptors (Lipinski definition) is 2. The fourth-order valence-electron chi connectivity index (χ4n) is 1.63. The highest BCUT2D eigenvalue weighted by Crippen LogP contribution is 2.24. The van der Waals surface area contributed by atoms with Gasteiger partial charge in [-0.15, -0.1) is 0 Å². The minimum absolute atomic E-state index is 0.150. The van der Waals surface area contributed by atoms with Gasteiger partial charge in [-0.3, -0.25) is 0 Å². The fraction of sp³-hybridized carbons (Fsp3) is 1.00. The number of halogens is 1. The van der Waals surface area contributed by atoms with Crippen molar-refractivity contribution in [2.75, 3.05) is 13.2 Å². The maximum absolute atomic E-state index is 13.2. The molecule has 1 saturated heterocycles. The third-order valence-corrected chi connectivity index (χ3v) is 2.52. The molecular weight excluding hydrogens is 159 g/mol. The lowest BCUT2D eigenvalue weighted by atomic mass is 9.96. The summed E-state index contributed by atoms with van der Waals surface area (Å²) in [4.78, 5) is 0. The number of alkyl halides is 1. The SMILES string of the molecule is F[C@H]1CCCC[C@H]1OCC1CO1. The predicted molar refractivity (Wildman–Crippen MR) is 42.8 cm³/mol. The van der Waals surface area contributed by atoms with Crippen LogP contribution in [0.3, 0.4) is 0 Å². The van der Waals surface area contributed by atoms with Gasteiger partial charge < -0.3 is 9.47 Å². The molecular formula is C9H15FO2. The van der Waals surface area contributed by atoms with Gasteiger partial charge in [0.05, 0.1) is 19.3 Å². The van der Waals surface area contributed by atoms with Crippen LogP contribution in [0.1, 0.15) is 25.7 Å². The quantitative estimate of drug-likeness (QED) is 0.607. The van der Waals surface area contributed by atoms with Crippen LogP contribution in [0.2, 0.25) is 0 Å². The van der Waals surface area contributed by atoms with E-state index in [0.29, 0.717) is 13.0 Å². The van der Waals surface area contributed by atoms with Gasteiger partial charge in [0.1, 0.15) is 12.3 Å². The lowest BCUT2D eigenvalue weighted by Gasteiger charge is -2.25. The normalized spacial score (nSPS) is 41.2. The van der Waals surface area contributed by atoms with Crippen molar-refractivity contribution in [3.05, 3.63) is 0 Å². The molecule has 2 rings (SSSR count). The summed E-state index contributed by atoms with van der Waals surface area (Å²) in [5.41, 5.74) is 0. The van der Waals surface area contributed by atoms with Gasteiger partial charge in [0.2, 0.25) is 0 Å². The molecule has 0 radical (unpaired) electrons. The molecule has 1 aliphatic heterocycles. The molecule has 12 heavy (non-hydrogen) atoms. The second kappa shape index (κ2) is 3.71. The first-order valence-corrected chi connectivity index (χ1v) is 4.73. The van der Waals surface area contributed by atoms with Crippen molar-refractivity contribution >= 4 is 0 Å². The summed E-state index contributed by atoms with van der Waals surface area (Å²) < 4.78 is 23.6. The molecule has 0 aromatic carbocycles. The molecule has 0 amide bonds. The van der Waals surface area contributed by atoms with Crippen LogP contribution in [-0.2, 0) is 9.47 Å². The topological polar surface area (TPSA) is 21.8 Å². The van der Waals surface area contributed by atoms with Crippen molar-refractivity contribution in [3.63, 3.8) is 0 Å². The Morgan fingerprint density at radius 2 is 2.08 bits per heavy atom.